The molecule has 0 aromatic heterocycles. The Kier molecular flexibility index (Phi) is 3.13. The van der Waals surface area contributed by atoms with Crippen molar-refractivity contribution in [2.45, 2.75) is 24.3 Å². The highest BCUT2D eigenvalue weighted by Crippen LogP contribution is 2.37. The van der Waals surface area contributed by atoms with Gasteiger partial charge >= 0.3 is 0 Å². The Labute approximate surface area is 123 Å². The molecule has 2 N–H and O–H groups in total. The Balaban J connectivity index is 2.15. The molecule has 6 heteroatoms. The summed E-state index contributed by atoms with van der Waals surface area (Å²) in [5.74, 6) is -0.827. The normalized spacial score (nSPS) is 17.8. The number of para-hydroxylation sites is 1. The van der Waals surface area contributed by atoms with Crippen LogP contribution in [-0.4, -0.2) is 14.5 Å². The van der Waals surface area contributed by atoms with Crippen LogP contribution in [0, 0.1) is 5.82 Å². The first-order valence-corrected chi connectivity index (χ1v) is 8.02. The van der Waals surface area contributed by atoms with Crippen LogP contribution in [0.3, 0.4) is 0 Å². The van der Waals surface area contributed by atoms with Crippen molar-refractivity contribution in [1.29, 1.82) is 0 Å². The highest BCUT2D eigenvalue weighted by atomic mass is 32.2. The van der Waals surface area contributed by atoms with E-state index in [1.165, 1.54) is 16.4 Å². The van der Waals surface area contributed by atoms with Crippen LogP contribution in [0.15, 0.2) is 47.4 Å². The summed E-state index contributed by atoms with van der Waals surface area (Å²) in [4.78, 5) is -0.347. The second-order valence-electron chi connectivity index (χ2n) is 5.17. The van der Waals surface area contributed by atoms with Crippen molar-refractivity contribution in [2.75, 3.05) is 10.0 Å². The summed E-state index contributed by atoms with van der Waals surface area (Å²) in [6.07, 6.45) is 0.617. The van der Waals surface area contributed by atoms with Crippen molar-refractivity contribution in [3.05, 3.63) is 53.8 Å². The van der Waals surface area contributed by atoms with E-state index in [0.29, 0.717) is 12.1 Å². The minimum Gasteiger partial charge on any atom is -0.399 e. The smallest absolute Gasteiger partial charge is 0.267 e. The summed E-state index contributed by atoms with van der Waals surface area (Å²) >= 11 is 0. The fraction of sp³-hybridized carbons (Fsp3) is 0.200. The van der Waals surface area contributed by atoms with Crippen LogP contribution in [-0.2, 0) is 16.4 Å². The van der Waals surface area contributed by atoms with Gasteiger partial charge in [0, 0.05) is 11.7 Å². The molecule has 1 atom stereocenters. The zero-order valence-electron chi connectivity index (χ0n) is 11.5. The molecule has 0 amide bonds. The fourth-order valence-corrected chi connectivity index (χ4v) is 4.48. The summed E-state index contributed by atoms with van der Waals surface area (Å²) in [5.41, 5.74) is 7.24. The molecule has 3 rings (SSSR count). The van der Waals surface area contributed by atoms with Gasteiger partial charge in [-0.1, -0.05) is 18.2 Å². The number of nitrogens with two attached hydrogens (primary N) is 1. The predicted octanol–water partition coefficient (Wildman–Crippen LogP) is 2.55. The Bertz CT molecular complexity index is 805. The van der Waals surface area contributed by atoms with Crippen molar-refractivity contribution < 1.29 is 12.8 Å². The van der Waals surface area contributed by atoms with Crippen LogP contribution < -0.4 is 10.0 Å². The molecule has 0 saturated heterocycles. The SMILES string of the molecule is CC1Cc2ccccc2N1S(=O)(=O)c1ccc(N)cc1F. The van der Waals surface area contributed by atoms with E-state index < -0.39 is 15.8 Å². The lowest BCUT2D eigenvalue weighted by molar-refractivity contribution is 0.560. The average Bonchev–Trinajstić information content (AvgIpc) is 2.74. The quantitative estimate of drug-likeness (QED) is 0.867. The van der Waals surface area contributed by atoms with E-state index in [4.69, 9.17) is 5.73 Å². The summed E-state index contributed by atoms with van der Waals surface area (Å²) in [6.45, 7) is 1.81. The first-order chi connectivity index (χ1) is 9.91. The molecule has 1 aliphatic rings. The van der Waals surface area contributed by atoms with Gasteiger partial charge in [0.1, 0.15) is 10.7 Å². The standard InChI is InChI=1S/C15H15FN2O2S/c1-10-8-11-4-2-3-5-14(11)18(10)21(19,20)15-7-6-12(17)9-13(15)16/h2-7,9-10H,8,17H2,1H3. The van der Waals surface area contributed by atoms with Gasteiger partial charge in [-0.05, 0) is 43.2 Å². The molecule has 0 saturated carbocycles. The maximum Gasteiger partial charge on any atom is 0.267 e. The predicted molar refractivity (Wildman–Crippen MR) is 80.1 cm³/mol. The molecule has 21 heavy (non-hydrogen) atoms. The average molecular weight is 306 g/mol. The molecular formula is C15H15FN2O2S. The molecule has 1 heterocycles. The first-order valence-electron chi connectivity index (χ1n) is 6.58. The van der Waals surface area contributed by atoms with Crippen molar-refractivity contribution in [3.63, 3.8) is 0 Å². The van der Waals surface area contributed by atoms with Crippen molar-refractivity contribution in [3.8, 4) is 0 Å². The summed E-state index contributed by atoms with van der Waals surface area (Å²) in [5, 5.41) is 0. The topological polar surface area (TPSA) is 63.4 Å². The molecule has 1 unspecified atom stereocenters. The van der Waals surface area contributed by atoms with Gasteiger partial charge in [-0.25, -0.2) is 12.8 Å². The van der Waals surface area contributed by atoms with Gasteiger partial charge in [-0.3, -0.25) is 4.31 Å². The Morgan fingerprint density at radius 1 is 1.24 bits per heavy atom. The van der Waals surface area contributed by atoms with Crippen molar-refractivity contribution >= 4 is 21.4 Å². The molecule has 0 bridgehead atoms. The molecule has 110 valence electrons. The second-order valence-corrected chi connectivity index (χ2v) is 6.96. The lowest BCUT2D eigenvalue weighted by Crippen LogP contribution is -2.36. The van der Waals surface area contributed by atoms with E-state index >= 15 is 0 Å². The number of sulfonamides is 1. The second kappa shape index (κ2) is 4.73. The Morgan fingerprint density at radius 2 is 1.95 bits per heavy atom. The molecule has 0 spiro atoms. The largest absolute Gasteiger partial charge is 0.399 e. The molecule has 0 radical (unpaired) electrons. The third-order valence-corrected chi connectivity index (χ3v) is 5.60. The molecule has 0 fully saturated rings. The number of nitrogens with zero attached hydrogens (tertiary/aromatic N) is 1. The zero-order valence-corrected chi connectivity index (χ0v) is 12.3. The van der Waals surface area contributed by atoms with Gasteiger partial charge in [0.05, 0.1) is 5.69 Å². The molecule has 2 aromatic rings. The third kappa shape index (κ3) is 2.15. The molecule has 1 aliphatic heterocycles. The monoisotopic (exact) mass is 306 g/mol. The van der Waals surface area contributed by atoms with Crippen molar-refractivity contribution in [2.24, 2.45) is 0 Å². The van der Waals surface area contributed by atoms with Gasteiger partial charge in [-0.2, -0.15) is 0 Å². The molecular weight excluding hydrogens is 291 g/mol. The highest BCUT2D eigenvalue weighted by molar-refractivity contribution is 7.92. The summed E-state index contributed by atoms with van der Waals surface area (Å²) < 4.78 is 40.9. The van der Waals surface area contributed by atoms with Crippen LogP contribution in [0.5, 0.6) is 0 Å². The van der Waals surface area contributed by atoms with E-state index in [9.17, 15) is 12.8 Å². The molecule has 0 aliphatic carbocycles. The van der Waals surface area contributed by atoms with Gasteiger partial charge in [-0.15, -0.1) is 0 Å². The van der Waals surface area contributed by atoms with E-state index in [0.717, 1.165) is 11.6 Å². The summed E-state index contributed by atoms with van der Waals surface area (Å²) in [6, 6.07) is 10.7. The number of hydrogen-bond acceptors (Lipinski definition) is 3. The van der Waals surface area contributed by atoms with Gasteiger partial charge < -0.3 is 5.73 Å². The summed E-state index contributed by atoms with van der Waals surface area (Å²) in [7, 11) is -3.95. The van der Waals surface area contributed by atoms with Crippen LogP contribution in [0.25, 0.3) is 0 Å². The maximum absolute atomic E-state index is 14.0. The van der Waals surface area contributed by atoms with E-state index in [1.54, 1.807) is 12.1 Å². The van der Waals surface area contributed by atoms with Crippen LogP contribution in [0.1, 0.15) is 12.5 Å². The Morgan fingerprint density at radius 3 is 2.67 bits per heavy atom. The van der Waals surface area contributed by atoms with E-state index in [1.807, 2.05) is 19.1 Å². The molecule has 4 nitrogen and oxygen atoms in total. The minimum absolute atomic E-state index is 0.196. The van der Waals surface area contributed by atoms with Crippen LogP contribution >= 0.6 is 0 Å². The number of halogens is 1. The number of hydrogen-bond donors (Lipinski definition) is 1. The molecule has 2 aromatic carbocycles. The van der Waals surface area contributed by atoms with Gasteiger partial charge in [0.15, 0.2) is 0 Å². The van der Waals surface area contributed by atoms with Gasteiger partial charge in [0.2, 0.25) is 0 Å². The fourth-order valence-electron chi connectivity index (χ4n) is 2.74. The van der Waals surface area contributed by atoms with Crippen molar-refractivity contribution in [1.82, 2.24) is 0 Å². The Hall–Kier alpha value is -2.08. The van der Waals surface area contributed by atoms with Crippen LogP contribution in [0.4, 0.5) is 15.8 Å². The minimum atomic E-state index is -3.95. The lowest BCUT2D eigenvalue weighted by Gasteiger charge is -2.24. The van der Waals surface area contributed by atoms with Crippen LogP contribution in [0.2, 0.25) is 0 Å². The van der Waals surface area contributed by atoms with E-state index in [-0.39, 0.29) is 16.6 Å². The van der Waals surface area contributed by atoms with E-state index in [2.05, 4.69) is 0 Å². The maximum atomic E-state index is 14.0. The zero-order chi connectivity index (χ0) is 15.2. The number of nitrogen functional groups attached to an aromatic ring is 1. The first kappa shape index (κ1) is 13.9. The number of anilines is 2. The number of benzene rings is 2. The number of fused-ring (bicyclic) bond motifs is 1. The third-order valence-electron chi connectivity index (χ3n) is 3.64. The number of rotatable bonds is 2. The highest BCUT2D eigenvalue weighted by Gasteiger charge is 2.37. The lowest BCUT2D eigenvalue weighted by atomic mass is 10.1. The van der Waals surface area contributed by atoms with Gasteiger partial charge in [0.25, 0.3) is 10.0 Å².